The number of amides is 1. The molecule has 0 atom stereocenters. The largest absolute Gasteiger partial charge is 0.306 e. The van der Waals surface area contributed by atoms with E-state index in [0.29, 0.717) is 5.69 Å². The lowest BCUT2D eigenvalue weighted by molar-refractivity contribution is 0.0936. The van der Waals surface area contributed by atoms with E-state index >= 15 is 0 Å². The van der Waals surface area contributed by atoms with Crippen LogP contribution >= 0.6 is 0 Å². The lowest BCUT2D eigenvalue weighted by Crippen LogP contribution is -2.34. The quantitative estimate of drug-likeness (QED) is 0.784. The van der Waals surface area contributed by atoms with E-state index in [0.717, 1.165) is 12.8 Å². The third-order valence-corrected chi connectivity index (χ3v) is 2.86. The SMILES string of the molecule is O=C(NNC=C1CCCCC1)c1ccccn1. The number of carbonyl (C=O) groups is 1. The van der Waals surface area contributed by atoms with Crippen molar-refractivity contribution in [2.45, 2.75) is 32.1 Å². The van der Waals surface area contributed by atoms with Gasteiger partial charge in [-0.15, -0.1) is 0 Å². The zero-order valence-corrected chi connectivity index (χ0v) is 9.78. The number of nitrogens with one attached hydrogen (secondary N) is 2. The molecule has 1 fully saturated rings. The van der Waals surface area contributed by atoms with E-state index in [1.165, 1.54) is 24.8 Å². The van der Waals surface area contributed by atoms with E-state index in [2.05, 4.69) is 15.8 Å². The normalized spacial score (nSPS) is 15.2. The van der Waals surface area contributed by atoms with E-state index in [1.807, 2.05) is 6.20 Å². The highest BCUT2D eigenvalue weighted by molar-refractivity contribution is 5.91. The number of allylic oxidation sites excluding steroid dienone is 1. The van der Waals surface area contributed by atoms with Crippen LogP contribution in [-0.4, -0.2) is 10.9 Å². The van der Waals surface area contributed by atoms with Gasteiger partial charge in [-0.3, -0.25) is 15.2 Å². The molecule has 0 bridgehead atoms. The maximum absolute atomic E-state index is 11.6. The first-order chi connectivity index (χ1) is 8.36. The molecule has 1 amide bonds. The van der Waals surface area contributed by atoms with Crippen molar-refractivity contribution in [2.75, 3.05) is 0 Å². The molecule has 1 saturated carbocycles. The van der Waals surface area contributed by atoms with Gasteiger partial charge < -0.3 is 5.43 Å². The van der Waals surface area contributed by atoms with Crippen LogP contribution in [0.4, 0.5) is 0 Å². The van der Waals surface area contributed by atoms with Crippen molar-refractivity contribution in [2.24, 2.45) is 0 Å². The Hall–Kier alpha value is -1.84. The number of pyridine rings is 1. The fourth-order valence-corrected chi connectivity index (χ4v) is 1.92. The van der Waals surface area contributed by atoms with Gasteiger partial charge in [-0.1, -0.05) is 18.1 Å². The molecule has 0 saturated heterocycles. The molecule has 1 aromatic heterocycles. The standard InChI is InChI=1S/C13H17N3O/c17-13(12-8-4-5-9-14-12)16-15-10-11-6-2-1-3-7-11/h4-5,8-10,15H,1-3,6-7H2,(H,16,17). The summed E-state index contributed by atoms with van der Waals surface area (Å²) in [5.41, 5.74) is 7.26. The molecule has 1 heterocycles. The van der Waals surface area contributed by atoms with Gasteiger partial charge in [0, 0.05) is 12.4 Å². The summed E-state index contributed by atoms with van der Waals surface area (Å²) in [6.45, 7) is 0. The second kappa shape index (κ2) is 6.03. The van der Waals surface area contributed by atoms with E-state index < -0.39 is 0 Å². The fraction of sp³-hybridized carbons (Fsp3) is 0.385. The maximum atomic E-state index is 11.6. The lowest BCUT2D eigenvalue weighted by atomic mass is 9.96. The number of aromatic nitrogens is 1. The van der Waals surface area contributed by atoms with Crippen molar-refractivity contribution in [3.63, 3.8) is 0 Å². The lowest BCUT2D eigenvalue weighted by Gasteiger charge is -2.13. The molecule has 0 aromatic carbocycles. The van der Waals surface area contributed by atoms with Crippen molar-refractivity contribution in [3.05, 3.63) is 41.9 Å². The minimum atomic E-state index is -0.210. The average Bonchev–Trinajstić information content (AvgIpc) is 2.41. The second-order valence-electron chi connectivity index (χ2n) is 4.18. The molecule has 0 spiro atoms. The molecule has 1 aromatic rings. The van der Waals surface area contributed by atoms with Crippen LogP contribution in [0.15, 0.2) is 36.2 Å². The molecule has 0 radical (unpaired) electrons. The van der Waals surface area contributed by atoms with Gasteiger partial charge in [0.15, 0.2) is 0 Å². The van der Waals surface area contributed by atoms with E-state index in [1.54, 1.807) is 24.4 Å². The molecule has 4 nitrogen and oxygen atoms in total. The zero-order valence-electron chi connectivity index (χ0n) is 9.78. The average molecular weight is 231 g/mol. The van der Waals surface area contributed by atoms with Crippen LogP contribution < -0.4 is 10.9 Å². The van der Waals surface area contributed by atoms with Crippen LogP contribution in [0.2, 0.25) is 0 Å². The number of hydrogen-bond acceptors (Lipinski definition) is 3. The summed E-state index contributed by atoms with van der Waals surface area (Å²) in [5.74, 6) is -0.210. The number of hydrazine groups is 1. The predicted molar refractivity (Wildman–Crippen MR) is 66.0 cm³/mol. The Morgan fingerprint density at radius 1 is 1.24 bits per heavy atom. The third-order valence-electron chi connectivity index (χ3n) is 2.86. The Morgan fingerprint density at radius 2 is 2.06 bits per heavy atom. The monoisotopic (exact) mass is 231 g/mol. The van der Waals surface area contributed by atoms with E-state index in [-0.39, 0.29) is 5.91 Å². The topological polar surface area (TPSA) is 54.0 Å². The van der Waals surface area contributed by atoms with Crippen LogP contribution in [-0.2, 0) is 0 Å². The number of nitrogens with zero attached hydrogens (tertiary/aromatic N) is 1. The second-order valence-corrected chi connectivity index (χ2v) is 4.18. The highest BCUT2D eigenvalue weighted by Crippen LogP contribution is 2.21. The predicted octanol–water partition coefficient (Wildman–Crippen LogP) is 2.16. The zero-order chi connectivity index (χ0) is 11.9. The number of hydrogen-bond donors (Lipinski definition) is 2. The van der Waals surface area contributed by atoms with Crippen LogP contribution in [0.3, 0.4) is 0 Å². The van der Waals surface area contributed by atoms with Crippen molar-refractivity contribution < 1.29 is 4.79 Å². The van der Waals surface area contributed by atoms with Crippen LogP contribution in [0.5, 0.6) is 0 Å². The van der Waals surface area contributed by atoms with Gasteiger partial charge in [-0.05, 0) is 37.8 Å². The molecule has 1 aliphatic carbocycles. The third kappa shape index (κ3) is 3.59. The Kier molecular flexibility index (Phi) is 4.13. The maximum Gasteiger partial charge on any atom is 0.288 e. The van der Waals surface area contributed by atoms with Crippen molar-refractivity contribution in [1.29, 1.82) is 0 Å². The number of rotatable bonds is 3. The summed E-state index contributed by atoms with van der Waals surface area (Å²) in [6.07, 6.45) is 9.59. The first-order valence-corrected chi connectivity index (χ1v) is 6.01. The number of carbonyl (C=O) groups excluding carboxylic acids is 1. The summed E-state index contributed by atoms with van der Waals surface area (Å²) in [7, 11) is 0. The summed E-state index contributed by atoms with van der Waals surface area (Å²) in [5, 5.41) is 0. The molecule has 2 N–H and O–H groups in total. The smallest absolute Gasteiger partial charge is 0.288 e. The summed E-state index contributed by atoms with van der Waals surface area (Å²) in [6, 6.07) is 5.26. The first kappa shape index (κ1) is 11.6. The minimum Gasteiger partial charge on any atom is -0.306 e. The molecular formula is C13H17N3O. The van der Waals surface area contributed by atoms with Crippen LogP contribution in [0.1, 0.15) is 42.6 Å². The van der Waals surface area contributed by atoms with Gasteiger partial charge in [-0.2, -0.15) is 0 Å². The van der Waals surface area contributed by atoms with Crippen molar-refractivity contribution in [1.82, 2.24) is 15.8 Å². The molecule has 90 valence electrons. The van der Waals surface area contributed by atoms with Gasteiger partial charge in [0.05, 0.1) is 0 Å². The van der Waals surface area contributed by atoms with Crippen molar-refractivity contribution in [3.8, 4) is 0 Å². The summed E-state index contributed by atoms with van der Waals surface area (Å²) < 4.78 is 0. The highest BCUT2D eigenvalue weighted by Gasteiger charge is 2.06. The molecule has 2 rings (SSSR count). The van der Waals surface area contributed by atoms with Crippen LogP contribution in [0, 0.1) is 0 Å². The van der Waals surface area contributed by atoms with E-state index in [9.17, 15) is 4.79 Å². The molecular weight excluding hydrogens is 214 g/mol. The van der Waals surface area contributed by atoms with Crippen molar-refractivity contribution >= 4 is 5.91 Å². The Balaban J connectivity index is 1.80. The van der Waals surface area contributed by atoms with Gasteiger partial charge in [0.25, 0.3) is 5.91 Å². The van der Waals surface area contributed by atoms with Gasteiger partial charge in [0.1, 0.15) is 5.69 Å². The summed E-state index contributed by atoms with van der Waals surface area (Å²) >= 11 is 0. The van der Waals surface area contributed by atoms with Gasteiger partial charge >= 0.3 is 0 Å². The van der Waals surface area contributed by atoms with Gasteiger partial charge in [-0.25, -0.2) is 0 Å². The van der Waals surface area contributed by atoms with Crippen LogP contribution in [0.25, 0.3) is 0 Å². The highest BCUT2D eigenvalue weighted by atomic mass is 16.2. The summed E-state index contributed by atoms with van der Waals surface area (Å²) in [4.78, 5) is 15.6. The fourth-order valence-electron chi connectivity index (χ4n) is 1.92. The van der Waals surface area contributed by atoms with Gasteiger partial charge in [0.2, 0.25) is 0 Å². The molecule has 1 aliphatic rings. The van der Waals surface area contributed by atoms with E-state index in [4.69, 9.17) is 0 Å². The first-order valence-electron chi connectivity index (χ1n) is 6.01. The molecule has 0 aliphatic heterocycles. The molecule has 4 heteroatoms. The Labute approximate surface area is 101 Å². The Morgan fingerprint density at radius 3 is 2.76 bits per heavy atom. The molecule has 17 heavy (non-hydrogen) atoms. The Bertz CT molecular complexity index is 392. The minimum absolute atomic E-state index is 0.210. The molecule has 0 unspecified atom stereocenters.